The minimum absolute atomic E-state index is 0.0879. The highest BCUT2D eigenvalue weighted by atomic mass is 16.3. The number of nitrogens with zero attached hydrogens (tertiary/aromatic N) is 3. The molecule has 1 saturated carbocycles. The molecule has 4 fully saturated rings. The summed E-state index contributed by atoms with van der Waals surface area (Å²) in [6.45, 7) is 4.56. The van der Waals surface area contributed by atoms with Crippen molar-refractivity contribution >= 4 is 17.7 Å². The molecule has 51 heavy (non-hydrogen) atoms. The van der Waals surface area contributed by atoms with Gasteiger partial charge in [-0.25, -0.2) is 0 Å². The Labute approximate surface area is 303 Å². The molecular formula is C43H54N4O4. The lowest BCUT2D eigenvalue weighted by Crippen LogP contribution is -2.54. The summed E-state index contributed by atoms with van der Waals surface area (Å²) in [7, 11) is 0. The van der Waals surface area contributed by atoms with Gasteiger partial charge in [-0.2, -0.15) is 0 Å². The van der Waals surface area contributed by atoms with Crippen molar-refractivity contribution in [2.45, 2.75) is 87.8 Å². The van der Waals surface area contributed by atoms with E-state index >= 15 is 0 Å². The molecular weight excluding hydrogens is 636 g/mol. The van der Waals surface area contributed by atoms with E-state index in [-0.39, 0.29) is 37.1 Å². The van der Waals surface area contributed by atoms with E-state index in [9.17, 15) is 19.5 Å². The maximum atomic E-state index is 14.6. The van der Waals surface area contributed by atoms with Crippen molar-refractivity contribution in [3.63, 3.8) is 0 Å². The fraction of sp³-hybridized carbons (Fsp3) is 0.512. The molecule has 3 heterocycles. The third kappa shape index (κ3) is 7.77. The minimum Gasteiger partial charge on any atom is -0.391 e. The molecule has 4 aliphatic rings. The topological polar surface area (TPSA) is 93.2 Å². The number of aliphatic hydroxyl groups is 1. The van der Waals surface area contributed by atoms with Crippen molar-refractivity contribution < 1.29 is 19.5 Å². The number of piperidine rings is 1. The van der Waals surface area contributed by atoms with Crippen LogP contribution >= 0.6 is 0 Å². The summed E-state index contributed by atoms with van der Waals surface area (Å²) in [5.41, 5.74) is 2.13. The summed E-state index contributed by atoms with van der Waals surface area (Å²) in [5, 5.41) is 14.1. The molecule has 3 saturated heterocycles. The van der Waals surface area contributed by atoms with E-state index in [1.54, 1.807) is 9.80 Å². The first-order chi connectivity index (χ1) is 24.9. The van der Waals surface area contributed by atoms with Crippen LogP contribution in [-0.2, 0) is 19.8 Å². The predicted octanol–water partition coefficient (Wildman–Crippen LogP) is 5.38. The van der Waals surface area contributed by atoms with Crippen molar-refractivity contribution in [3.05, 3.63) is 108 Å². The summed E-state index contributed by atoms with van der Waals surface area (Å²) in [6.07, 6.45) is 8.48. The van der Waals surface area contributed by atoms with Crippen LogP contribution in [0.25, 0.3) is 0 Å². The van der Waals surface area contributed by atoms with E-state index in [2.05, 4.69) is 46.6 Å². The number of hydrogen-bond donors (Lipinski definition) is 2. The highest BCUT2D eigenvalue weighted by Gasteiger charge is 2.47. The van der Waals surface area contributed by atoms with Gasteiger partial charge in [0.1, 0.15) is 12.1 Å². The van der Waals surface area contributed by atoms with Crippen LogP contribution in [0.5, 0.6) is 0 Å². The van der Waals surface area contributed by atoms with Gasteiger partial charge in [-0.1, -0.05) is 104 Å². The van der Waals surface area contributed by atoms with Gasteiger partial charge in [0.2, 0.25) is 17.7 Å². The molecule has 0 radical (unpaired) electrons. The Morgan fingerprint density at radius 3 is 1.84 bits per heavy atom. The lowest BCUT2D eigenvalue weighted by molar-refractivity contribution is -0.146. The molecule has 8 heteroatoms. The van der Waals surface area contributed by atoms with E-state index in [0.29, 0.717) is 25.4 Å². The third-order valence-electron chi connectivity index (χ3n) is 12.1. The second-order valence-electron chi connectivity index (χ2n) is 15.5. The normalized spacial score (nSPS) is 24.6. The molecule has 7 rings (SSSR count). The average Bonchev–Trinajstić information content (AvgIpc) is 3.96. The molecule has 0 aromatic heterocycles. The van der Waals surface area contributed by atoms with Gasteiger partial charge in [0.25, 0.3) is 0 Å². The first kappa shape index (κ1) is 35.4. The monoisotopic (exact) mass is 690 g/mol. The van der Waals surface area contributed by atoms with Crippen molar-refractivity contribution in [2.75, 3.05) is 39.3 Å². The second-order valence-corrected chi connectivity index (χ2v) is 15.5. The van der Waals surface area contributed by atoms with E-state index in [1.807, 2.05) is 54.6 Å². The summed E-state index contributed by atoms with van der Waals surface area (Å²) in [4.78, 5) is 48.5. The maximum absolute atomic E-state index is 14.6. The number of likely N-dealkylation sites (tertiary alicyclic amines) is 3. The SMILES string of the molecule is O=C(NC[C@@H]1CCCN(CC2CCCC2)C1)[C@H]1CCCN1C(=O)[C@@H]1C[C@@H](O)CN1C(=O)CC(c1ccccc1)(c1ccccc1)c1ccccc1. The molecule has 3 aromatic carbocycles. The van der Waals surface area contributed by atoms with Gasteiger partial charge in [0.05, 0.1) is 11.5 Å². The molecule has 0 bridgehead atoms. The number of amides is 3. The van der Waals surface area contributed by atoms with Crippen LogP contribution in [0.3, 0.4) is 0 Å². The molecule has 1 aliphatic carbocycles. The molecule has 3 amide bonds. The van der Waals surface area contributed by atoms with Gasteiger partial charge < -0.3 is 25.1 Å². The number of benzene rings is 3. The van der Waals surface area contributed by atoms with Crippen LogP contribution in [0.2, 0.25) is 0 Å². The Hall–Kier alpha value is -4.01. The van der Waals surface area contributed by atoms with Crippen molar-refractivity contribution in [2.24, 2.45) is 11.8 Å². The van der Waals surface area contributed by atoms with E-state index in [4.69, 9.17) is 0 Å². The van der Waals surface area contributed by atoms with Gasteiger partial charge in [-0.3, -0.25) is 14.4 Å². The van der Waals surface area contributed by atoms with Gasteiger partial charge in [0.15, 0.2) is 0 Å². The number of carbonyl (C=O) groups excluding carboxylic acids is 3. The zero-order valence-electron chi connectivity index (χ0n) is 29.9. The Morgan fingerprint density at radius 1 is 0.667 bits per heavy atom. The number of hydrogen-bond acceptors (Lipinski definition) is 5. The fourth-order valence-corrected chi connectivity index (χ4v) is 9.53. The average molecular weight is 691 g/mol. The molecule has 3 aromatic rings. The molecule has 8 nitrogen and oxygen atoms in total. The third-order valence-corrected chi connectivity index (χ3v) is 12.1. The Morgan fingerprint density at radius 2 is 1.24 bits per heavy atom. The Bertz CT molecular complexity index is 1520. The Kier molecular flexibility index (Phi) is 11.2. The van der Waals surface area contributed by atoms with Crippen LogP contribution in [0.4, 0.5) is 0 Å². The van der Waals surface area contributed by atoms with Gasteiger partial charge in [-0.05, 0) is 73.6 Å². The smallest absolute Gasteiger partial charge is 0.246 e. The fourth-order valence-electron chi connectivity index (χ4n) is 9.53. The summed E-state index contributed by atoms with van der Waals surface area (Å²) in [6, 6.07) is 28.9. The highest BCUT2D eigenvalue weighted by Crippen LogP contribution is 2.43. The zero-order chi connectivity index (χ0) is 35.2. The van der Waals surface area contributed by atoms with Crippen LogP contribution in [0.15, 0.2) is 91.0 Å². The quantitative estimate of drug-likeness (QED) is 0.264. The lowest BCUT2D eigenvalue weighted by atomic mass is 9.67. The van der Waals surface area contributed by atoms with Crippen LogP contribution < -0.4 is 5.32 Å². The van der Waals surface area contributed by atoms with E-state index in [0.717, 1.165) is 55.0 Å². The molecule has 0 spiro atoms. The number of aliphatic hydroxyl groups excluding tert-OH is 1. The summed E-state index contributed by atoms with van der Waals surface area (Å²) >= 11 is 0. The number of nitrogens with one attached hydrogen (secondary N) is 1. The van der Waals surface area contributed by atoms with E-state index < -0.39 is 23.6 Å². The molecule has 3 aliphatic heterocycles. The molecule has 270 valence electrons. The van der Waals surface area contributed by atoms with Gasteiger partial charge in [0, 0.05) is 45.6 Å². The lowest BCUT2D eigenvalue weighted by Gasteiger charge is -2.38. The first-order valence-corrected chi connectivity index (χ1v) is 19.4. The molecule has 0 unspecified atom stereocenters. The molecule has 2 N–H and O–H groups in total. The van der Waals surface area contributed by atoms with Crippen molar-refractivity contribution in [1.82, 2.24) is 20.0 Å². The summed E-state index contributed by atoms with van der Waals surface area (Å²) in [5.74, 6) is 0.723. The second kappa shape index (κ2) is 16.1. The number of rotatable bonds is 11. The zero-order valence-corrected chi connectivity index (χ0v) is 29.9. The Balaban J connectivity index is 1.06. The molecule has 4 atom stereocenters. The number of β-amino-alcohol motifs (C(OH)–C–C–N with tert-alkyl or cyclic N) is 1. The minimum atomic E-state index is -0.816. The van der Waals surface area contributed by atoms with E-state index in [1.165, 1.54) is 32.2 Å². The first-order valence-electron chi connectivity index (χ1n) is 19.4. The van der Waals surface area contributed by atoms with Crippen LogP contribution in [0.1, 0.15) is 80.9 Å². The van der Waals surface area contributed by atoms with Crippen LogP contribution in [-0.4, -0.2) is 95.0 Å². The van der Waals surface area contributed by atoms with Gasteiger partial charge >= 0.3 is 0 Å². The number of carbonyl (C=O) groups is 3. The van der Waals surface area contributed by atoms with Crippen LogP contribution in [0, 0.1) is 11.8 Å². The standard InChI is InChI=1S/C43H54N4O4/c48-37-26-39(42(51)46-25-13-23-38(46)41(50)44-28-33-16-12-24-45(30-33)29-32-14-10-11-15-32)47(31-37)40(49)27-43(34-17-4-1-5-18-34,35-19-6-2-7-20-35)36-21-8-3-9-22-36/h1-9,17-22,32-33,37-39,48H,10-16,23-31H2,(H,44,50)/t33-,37+,38+,39-/m0/s1. The van der Waals surface area contributed by atoms with Crippen molar-refractivity contribution in [3.8, 4) is 0 Å². The largest absolute Gasteiger partial charge is 0.391 e. The van der Waals surface area contributed by atoms with Crippen molar-refractivity contribution in [1.29, 1.82) is 0 Å². The summed E-state index contributed by atoms with van der Waals surface area (Å²) < 4.78 is 0. The van der Waals surface area contributed by atoms with Gasteiger partial charge in [-0.15, -0.1) is 0 Å². The predicted molar refractivity (Wildman–Crippen MR) is 199 cm³/mol. The highest BCUT2D eigenvalue weighted by molar-refractivity contribution is 5.93. The maximum Gasteiger partial charge on any atom is 0.246 e.